The predicted molar refractivity (Wildman–Crippen MR) is 102 cm³/mol. The molecule has 2 atom stereocenters. The molecule has 0 saturated carbocycles. The molecule has 1 rings (SSSR count). The summed E-state index contributed by atoms with van der Waals surface area (Å²) in [6.07, 6.45) is 1.43. The van der Waals surface area contributed by atoms with Crippen molar-refractivity contribution in [3.05, 3.63) is 35.9 Å². The number of nitrogens with zero attached hydrogens (tertiary/aromatic N) is 2. The number of hydrogen-bond acceptors (Lipinski definition) is 4. The van der Waals surface area contributed by atoms with Gasteiger partial charge in [-0.1, -0.05) is 30.3 Å². The summed E-state index contributed by atoms with van der Waals surface area (Å²) < 4.78 is 0. The van der Waals surface area contributed by atoms with E-state index in [0.29, 0.717) is 25.3 Å². The highest BCUT2D eigenvalue weighted by Gasteiger charge is 2.24. The molecule has 5 N–H and O–H groups in total. The Morgan fingerprint density at radius 3 is 2.42 bits per heavy atom. The quantitative estimate of drug-likeness (QED) is 0.265. The van der Waals surface area contributed by atoms with Gasteiger partial charge < -0.3 is 26.4 Å². The lowest BCUT2D eigenvalue weighted by molar-refractivity contribution is -0.142. The first kappa shape index (κ1) is 21.4. The molecular formula is C18H29N5O3. The Balaban J connectivity index is 2.57. The topological polar surface area (TPSA) is 120 Å². The Kier molecular flexibility index (Phi) is 9.14. The second kappa shape index (κ2) is 11.1. The second-order valence-electron chi connectivity index (χ2n) is 6.21. The lowest BCUT2D eigenvalue weighted by atomic mass is 10.0. The molecule has 0 radical (unpaired) electrons. The standard InChI is InChI=1S/C18H29N5O3/c1-20-14(10-7-11-21-18(19)23(2)3)16(24)22-15(17(25)26)12-13-8-5-4-6-9-13/h4-6,8-9,14-15,20H,7,10-12H2,1-3H3,(H2,19,21)(H,22,24)(H,25,26). The third-order valence-electron chi connectivity index (χ3n) is 3.95. The molecule has 1 amide bonds. The van der Waals surface area contributed by atoms with Gasteiger partial charge in [-0.25, -0.2) is 4.79 Å². The highest BCUT2D eigenvalue weighted by molar-refractivity contribution is 5.87. The minimum atomic E-state index is -1.06. The summed E-state index contributed by atoms with van der Waals surface area (Å²) in [5.41, 5.74) is 6.57. The molecule has 0 heterocycles. The molecule has 1 aromatic carbocycles. The number of carbonyl (C=O) groups excluding carboxylic acids is 1. The fourth-order valence-corrected chi connectivity index (χ4v) is 2.36. The largest absolute Gasteiger partial charge is 0.480 e. The van der Waals surface area contributed by atoms with E-state index >= 15 is 0 Å². The number of benzene rings is 1. The zero-order chi connectivity index (χ0) is 19.5. The SMILES string of the molecule is CNC(CCCN=C(N)N(C)C)C(=O)NC(Cc1ccccc1)C(=O)O. The number of rotatable bonds is 10. The third-order valence-corrected chi connectivity index (χ3v) is 3.95. The summed E-state index contributed by atoms with van der Waals surface area (Å²) in [6.45, 7) is 0.502. The van der Waals surface area contributed by atoms with Gasteiger partial charge >= 0.3 is 5.97 Å². The van der Waals surface area contributed by atoms with Crippen molar-refractivity contribution in [2.75, 3.05) is 27.7 Å². The number of carboxylic acid groups (broad SMARTS) is 1. The van der Waals surface area contributed by atoms with Crippen LogP contribution in [0.4, 0.5) is 0 Å². The van der Waals surface area contributed by atoms with Gasteiger partial charge in [0.15, 0.2) is 5.96 Å². The van der Waals surface area contributed by atoms with Crippen LogP contribution in [0.1, 0.15) is 18.4 Å². The number of aliphatic imine (C=N–C) groups is 1. The Morgan fingerprint density at radius 2 is 1.88 bits per heavy atom. The molecule has 0 bridgehead atoms. The van der Waals surface area contributed by atoms with Crippen LogP contribution in [0.3, 0.4) is 0 Å². The first-order valence-electron chi connectivity index (χ1n) is 8.56. The van der Waals surface area contributed by atoms with E-state index in [0.717, 1.165) is 5.56 Å². The second-order valence-corrected chi connectivity index (χ2v) is 6.21. The lowest BCUT2D eigenvalue weighted by Gasteiger charge is -2.20. The van der Waals surface area contributed by atoms with E-state index in [2.05, 4.69) is 15.6 Å². The summed E-state index contributed by atoms with van der Waals surface area (Å²) in [6, 6.07) is 7.76. The number of amides is 1. The zero-order valence-electron chi connectivity index (χ0n) is 15.6. The first-order chi connectivity index (χ1) is 12.3. The number of nitrogens with two attached hydrogens (primary N) is 1. The summed E-state index contributed by atoms with van der Waals surface area (Å²) in [5, 5.41) is 14.9. The fourth-order valence-electron chi connectivity index (χ4n) is 2.36. The number of aliphatic carboxylic acids is 1. The summed E-state index contributed by atoms with van der Waals surface area (Å²) >= 11 is 0. The van der Waals surface area contributed by atoms with Crippen molar-refractivity contribution < 1.29 is 14.7 Å². The van der Waals surface area contributed by atoms with Gasteiger partial charge in [-0.05, 0) is 25.5 Å². The van der Waals surface area contributed by atoms with Crippen LogP contribution in [0, 0.1) is 0 Å². The van der Waals surface area contributed by atoms with E-state index < -0.39 is 18.1 Å². The van der Waals surface area contributed by atoms with Crippen LogP contribution in [-0.4, -0.2) is 67.6 Å². The van der Waals surface area contributed by atoms with Crippen molar-refractivity contribution in [3.63, 3.8) is 0 Å². The highest BCUT2D eigenvalue weighted by Crippen LogP contribution is 2.05. The van der Waals surface area contributed by atoms with Crippen LogP contribution >= 0.6 is 0 Å². The monoisotopic (exact) mass is 363 g/mol. The van der Waals surface area contributed by atoms with E-state index in [1.807, 2.05) is 44.4 Å². The highest BCUT2D eigenvalue weighted by atomic mass is 16.4. The molecule has 26 heavy (non-hydrogen) atoms. The molecule has 0 spiro atoms. The van der Waals surface area contributed by atoms with Crippen molar-refractivity contribution in [2.24, 2.45) is 10.7 Å². The molecular weight excluding hydrogens is 334 g/mol. The minimum Gasteiger partial charge on any atom is -0.480 e. The normalized spacial score (nSPS) is 13.7. The van der Waals surface area contributed by atoms with Crippen LogP contribution in [0.5, 0.6) is 0 Å². The fraction of sp³-hybridized carbons (Fsp3) is 0.500. The molecule has 2 unspecified atom stereocenters. The van der Waals surface area contributed by atoms with Gasteiger partial charge in [0.2, 0.25) is 5.91 Å². The molecule has 1 aromatic rings. The van der Waals surface area contributed by atoms with Crippen LogP contribution < -0.4 is 16.4 Å². The van der Waals surface area contributed by atoms with Gasteiger partial charge in [0.05, 0.1) is 6.04 Å². The Hall–Kier alpha value is -2.61. The van der Waals surface area contributed by atoms with Gasteiger partial charge in [0, 0.05) is 27.1 Å². The van der Waals surface area contributed by atoms with Crippen molar-refractivity contribution in [1.29, 1.82) is 0 Å². The Labute approximate surface area is 154 Å². The molecule has 144 valence electrons. The van der Waals surface area contributed by atoms with Crippen LogP contribution in [0.25, 0.3) is 0 Å². The van der Waals surface area contributed by atoms with Gasteiger partial charge in [-0.3, -0.25) is 9.79 Å². The van der Waals surface area contributed by atoms with E-state index in [9.17, 15) is 14.7 Å². The molecule has 0 saturated heterocycles. The summed E-state index contributed by atoms with van der Waals surface area (Å²) in [7, 11) is 5.29. The van der Waals surface area contributed by atoms with Crippen LogP contribution in [0.2, 0.25) is 0 Å². The van der Waals surface area contributed by atoms with Gasteiger partial charge in [-0.2, -0.15) is 0 Å². The number of hydrogen-bond donors (Lipinski definition) is 4. The Morgan fingerprint density at radius 1 is 1.23 bits per heavy atom. The van der Waals surface area contributed by atoms with Crippen molar-refractivity contribution in [3.8, 4) is 0 Å². The third kappa shape index (κ3) is 7.52. The van der Waals surface area contributed by atoms with E-state index in [-0.39, 0.29) is 12.3 Å². The molecule has 8 heteroatoms. The molecule has 0 aliphatic carbocycles. The number of carbonyl (C=O) groups is 2. The molecule has 0 fully saturated rings. The maximum atomic E-state index is 12.4. The van der Waals surface area contributed by atoms with E-state index in [1.54, 1.807) is 11.9 Å². The summed E-state index contributed by atoms with van der Waals surface area (Å²) in [4.78, 5) is 29.8. The van der Waals surface area contributed by atoms with Gasteiger partial charge in [0.25, 0.3) is 0 Å². The number of guanidine groups is 1. The maximum Gasteiger partial charge on any atom is 0.326 e. The average Bonchev–Trinajstić information content (AvgIpc) is 2.61. The average molecular weight is 363 g/mol. The molecule has 0 aliphatic heterocycles. The lowest BCUT2D eigenvalue weighted by Crippen LogP contribution is -2.50. The molecule has 0 aliphatic rings. The van der Waals surface area contributed by atoms with E-state index in [1.165, 1.54) is 0 Å². The van der Waals surface area contributed by atoms with Crippen LogP contribution in [-0.2, 0) is 16.0 Å². The molecule has 8 nitrogen and oxygen atoms in total. The smallest absolute Gasteiger partial charge is 0.326 e. The summed E-state index contributed by atoms with van der Waals surface area (Å²) in [5.74, 6) is -0.954. The van der Waals surface area contributed by atoms with Gasteiger partial charge in [0.1, 0.15) is 6.04 Å². The van der Waals surface area contributed by atoms with Gasteiger partial charge in [-0.15, -0.1) is 0 Å². The van der Waals surface area contributed by atoms with Crippen molar-refractivity contribution >= 4 is 17.8 Å². The number of likely N-dealkylation sites (N-methyl/N-ethyl adjacent to an activating group) is 1. The minimum absolute atomic E-state index is 0.238. The first-order valence-corrected chi connectivity index (χ1v) is 8.56. The zero-order valence-corrected chi connectivity index (χ0v) is 15.6. The van der Waals surface area contributed by atoms with E-state index in [4.69, 9.17) is 5.73 Å². The van der Waals surface area contributed by atoms with Crippen LogP contribution in [0.15, 0.2) is 35.3 Å². The Bertz CT molecular complexity index is 604. The molecule has 0 aromatic heterocycles. The number of carboxylic acids is 1. The predicted octanol–water partition coefficient (Wildman–Crippen LogP) is 0.0430. The van der Waals surface area contributed by atoms with Crippen molar-refractivity contribution in [1.82, 2.24) is 15.5 Å². The van der Waals surface area contributed by atoms with Crippen molar-refractivity contribution in [2.45, 2.75) is 31.3 Å². The number of nitrogens with one attached hydrogen (secondary N) is 2. The maximum absolute atomic E-state index is 12.4.